The molecule has 0 aromatic carbocycles. The molecule has 0 bridgehead atoms. The molecule has 0 aliphatic heterocycles. The summed E-state index contributed by atoms with van der Waals surface area (Å²) in [4.78, 5) is 19.9. The highest BCUT2D eigenvalue weighted by molar-refractivity contribution is 6.10. The third-order valence-corrected chi connectivity index (χ3v) is 2.28. The molecule has 6 nitrogen and oxygen atoms in total. The van der Waals surface area contributed by atoms with Gasteiger partial charge in [0.05, 0.1) is 11.4 Å². The van der Waals surface area contributed by atoms with E-state index < -0.39 is 0 Å². The number of rotatable bonds is 4. The van der Waals surface area contributed by atoms with Gasteiger partial charge in [-0.05, 0) is 13.0 Å². The number of nitrogens with zero attached hydrogens (tertiary/aromatic N) is 5. The van der Waals surface area contributed by atoms with Crippen molar-refractivity contribution in [2.24, 2.45) is 4.99 Å². The molecule has 0 fully saturated rings. The van der Waals surface area contributed by atoms with E-state index in [1.54, 1.807) is 37.1 Å². The molecule has 2 aromatic rings. The van der Waals surface area contributed by atoms with Crippen LogP contribution in [0, 0.1) is 5.41 Å². The summed E-state index contributed by atoms with van der Waals surface area (Å²) in [5.74, 6) is 0. The molecule has 0 saturated carbocycles. The van der Waals surface area contributed by atoms with Crippen LogP contribution in [0.25, 0.3) is 5.70 Å². The van der Waals surface area contributed by atoms with Crippen molar-refractivity contribution in [3.8, 4) is 0 Å². The van der Waals surface area contributed by atoms with Crippen molar-refractivity contribution >= 4 is 17.6 Å². The minimum Gasteiger partial charge on any atom is -0.300 e. The first kappa shape index (κ1) is 12.7. The zero-order valence-corrected chi connectivity index (χ0v) is 10.4. The number of hydrogen-bond acceptors (Lipinski definition) is 6. The van der Waals surface area contributed by atoms with Gasteiger partial charge in [0.1, 0.15) is 12.7 Å². The molecule has 0 aliphatic carbocycles. The number of nitrogens with one attached hydrogen (secondary N) is 1. The number of aromatic nitrogens is 4. The van der Waals surface area contributed by atoms with Gasteiger partial charge < -0.3 is 5.41 Å². The molecule has 0 saturated heterocycles. The molecule has 94 valence electrons. The molecule has 0 spiro atoms. The molecule has 6 heteroatoms. The predicted octanol–water partition coefficient (Wildman–Crippen LogP) is 1.77. The van der Waals surface area contributed by atoms with E-state index in [4.69, 9.17) is 5.41 Å². The molecule has 0 radical (unpaired) electrons. The molecule has 0 unspecified atom stereocenters. The summed E-state index contributed by atoms with van der Waals surface area (Å²) in [6, 6.07) is 0. The Balaban J connectivity index is 2.35. The first-order valence-electron chi connectivity index (χ1n) is 5.61. The standard InChI is InChI=1S/C13H12N6/c1-2-19-13(11-6-17-9-18-7-11)3-12(14)10-4-15-8-16-5-10/h2-9,14H,1H3/b13-3-,14-12?,19-2?. The first-order valence-corrected chi connectivity index (χ1v) is 5.61. The SMILES string of the molecule is CC=N/C(=C\C(=N)c1cncnc1)c1cncnc1. The van der Waals surface area contributed by atoms with E-state index in [2.05, 4.69) is 24.9 Å². The van der Waals surface area contributed by atoms with Crippen molar-refractivity contribution in [3.63, 3.8) is 0 Å². The van der Waals surface area contributed by atoms with Crippen molar-refractivity contribution in [3.05, 3.63) is 54.6 Å². The minimum atomic E-state index is 0.282. The summed E-state index contributed by atoms with van der Waals surface area (Å²) in [7, 11) is 0. The summed E-state index contributed by atoms with van der Waals surface area (Å²) < 4.78 is 0. The zero-order valence-electron chi connectivity index (χ0n) is 10.4. The quantitative estimate of drug-likeness (QED) is 0.840. The van der Waals surface area contributed by atoms with E-state index in [-0.39, 0.29) is 5.71 Å². The van der Waals surface area contributed by atoms with Crippen molar-refractivity contribution in [2.45, 2.75) is 6.92 Å². The number of allylic oxidation sites excluding steroid dienone is 1. The van der Waals surface area contributed by atoms with Crippen molar-refractivity contribution in [1.82, 2.24) is 19.9 Å². The first-order chi connectivity index (χ1) is 9.31. The molecular weight excluding hydrogens is 240 g/mol. The fourth-order valence-electron chi connectivity index (χ4n) is 1.42. The van der Waals surface area contributed by atoms with E-state index in [1.807, 2.05) is 6.92 Å². The Morgan fingerprint density at radius 3 is 2.05 bits per heavy atom. The average Bonchev–Trinajstić information content (AvgIpc) is 2.48. The van der Waals surface area contributed by atoms with E-state index in [0.717, 1.165) is 5.56 Å². The van der Waals surface area contributed by atoms with Crippen molar-refractivity contribution < 1.29 is 0 Å². The summed E-state index contributed by atoms with van der Waals surface area (Å²) in [6.07, 6.45) is 12.6. The predicted molar refractivity (Wildman–Crippen MR) is 73.0 cm³/mol. The maximum Gasteiger partial charge on any atom is 0.115 e. The lowest BCUT2D eigenvalue weighted by Crippen LogP contribution is -1.98. The highest BCUT2D eigenvalue weighted by atomic mass is 14.8. The van der Waals surface area contributed by atoms with Crippen LogP contribution in [0.3, 0.4) is 0 Å². The lowest BCUT2D eigenvalue weighted by molar-refractivity contribution is 1.15. The van der Waals surface area contributed by atoms with Gasteiger partial charge in [-0.2, -0.15) is 0 Å². The second-order valence-electron chi connectivity index (χ2n) is 3.58. The second-order valence-corrected chi connectivity index (χ2v) is 3.58. The van der Waals surface area contributed by atoms with Crippen LogP contribution in [0.2, 0.25) is 0 Å². The molecule has 19 heavy (non-hydrogen) atoms. The third kappa shape index (κ3) is 3.35. The van der Waals surface area contributed by atoms with E-state index in [9.17, 15) is 0 Å². The van der Waals surface area contributed by atoms with Gasteiger partial charge in [0.2, 0.25) is 0 Å². The summed E-state index contributed by atoms with van der Waals surface area (Å²) in [6.45, 7) is 1.81. The van der Waals surface area contributed by atoms with Crippen LogP contribution in [-0.2, 0) is 0 Å². The lowest BCUT2D eigenvalue weighted by Gasteiger charge is -2.02. The fraction of sp³-hybridized carbons (Fsp3) is 0.0769. The highest BCUT2D eigenvalue weighted by Gasteiger charge is 2.04. The van der Waals surface area contributed by atoms with Gasteiger partial charge in [-0.1, -0.05) is 0 Å². The zero-order chi connectivity index (χ0) is 13.5. The van der Waals surface area contributed by atoms with Crippen LogP contribution < -0.4 is 0 Å². The Morgan fingerprint density at radius 2 is 1.53 bits per heavy atom. The largest absolute Gasteiger partial charge is 0.300 e. The van der Waals surface area contributed by atoms with Crippen LogP contribution in [0.5, 0.6) is 0 Å². The maximum atomic E-state index is 8.02. The molecule has 0 amide bonds. The van der Waals surface area contributed by atoms with Crippen LogP contribution >= 0.6 is 0 Å². The Hall–Kier alpha value is -2.76. The van der Waals surface area contributed by atoms with E-state index in [0.29, 0.717) is 11.3 Å². The fourth-order valence-corrected chi connectivity index (χ4v) is 1.42. The minimum absolute atomic E-state index is 0.282. The molecule has 1 N–H and O–H groups in total. The van der Waals surface area contributed by atoms with Crippen LogP contribution in [0.15, 0.2) is 48.5 Å². The topological polar surface area (TPSA) is 87.8 Å². The Bertz CT molecular complexity index is 604. The molecule has 2 heterocycles. The van der Waals surface area contributed by atoms with Crippen LogP contribution in [0.1, 0.15) is 18.1 Å². The van der Waals surface area contributed by atoms with Gasteiger partial charge in [-0.25, -0.2) is 19.9 Å². The third-order valence-electron chi connectivity index (χ3n) is 2.28. The summed E-state index contributed by atoms with van der Waals surface area (Å²) in [5, 5.41) is 8.02. The van der Waals surface area contributed by atoms with Gasteiger partial charge in [0, 0.05) is 42.1 Å². The van der Waals surface area contributed by atoms with E-state index >= 15 is 0 Å². The molecular formula is C13H12N6. The van der Waals surface area contributed by atoms with Gasteiger partial charge in [0.15, 0.2) is 0 Å². The van der Waals surface area contributed by atoms with Crippen LogP contribution in [-0.4, -0.2) is 31.9 Å². The van der Waals surface area contributed by atoms with Gasteiger partial charge >= 0.3 is 0 Å². The lowest BCUT2D eigenvalue weighted by atomic mass is 10.1. The number of hydrogen-bond donors (Lipinski definition) is 1. The van der Waals surface area contributed by atoms with Crippen LogP contribution in [0.4, 0.5) is 0 Å². The summed E-state index contributed by atoms with van der Waals surface area (Å²) >= 11 is 0. The Kier molecular flexibility index (Phi) is 4.17. The van der Waals surface area contributed by atoms with Gasteiger partial charge in [0.25, 0.3) is 0 Å². The van der Waals surface area contributed by atoms with Gasteiger partial charge in [-0.15, -0.1) is 0 Å². The molecule has 2 rings (SSSR count). The van der Waals surface area contributed by atoms with Crippen molar-refractivity contribution in [2.75, 3.05) is 0 Å². The monoisotopic (exact) mass is 252 g/mol. The normalized spacial score (nSPS) is 11.7. The summed E-state index contributed by atoms with van der Waals surface area (Å²) in [5.41, 5.74) is 2.28. The Morgan fingerprint density at radius 1 is 1.00 bits per heavy atom. The van der Waals surface area contributed by atoms with Crippen molar-refractivity contribution in [1.29, 1.82) is 5.41 Å². The molecule has 2 aromatic heterocycles. The number of aliphatic imine (C=N–C) groups is 1. The Labute approximate surface area is 110 Å². The smallest absolute Gasteiger partial charge is 0.115 e. The highest BCUT2D eigenvalue weighted by Crippen LogP contribution is 2.14. The maximum absolute atomic E-state index is 8.02. The van der Waals surface area contributed by atoms with E-state index in [1.165, 1.54) is 12.7 Å². The average molecular weight is 252 g/mol. The second kappa shape index (κ2) is 6.25. The molecule has 0 aliphatic rings. The molecule has 0 atom stereocenters. The van der Waals surface area contributed by atoms with Gasteiger partial charge in [-0.3, -0.25) is 4.99 Å².